The Morgan fingerprint density at radius 1 is 1.00 bits per heavy atom. The Morgan fingerprint density at radius 3 is 2.29 bits per heavy atom. The normalized spacial score (nSPS) is 15.3. The summed E-state index contributed by atoms with van der Waals surface area (Å²) in [6.45, 7) is 7.11. The number of nitrogens with one attached hydrogen (secondary N) is 2. The summed E-state index contributed by atoms with van der Waals surface area (Å²) >= 11 is 0. The number of piperidine rings is 1. The Balaban J connectivity index is 0.00000341. The topological polar surface area (TPSA) is 42.9 Å². The first-order valence-electron chi connectivity index (χ1n) is 11.2. The highest BCUT2D eigenvalue weighted by atomic mass is 127. The molecular weight excluding hydrogens is 497 g/mol. The molecule has 0 atom stereocenters. The van der Waals surface area contributed by atoms with Crippen molar-refractivity contribution >= 4 is 35.6 Å². The molecular formula is C25H38IN5. The van der Waals surface area contributed by atoms with Crippen molar-refractivity contribution in [2.24, 2.45) is 4.99 Å². The fourth-order valence-electron chi connectivity index (χ4n) is 3.85. The maximum atomic E-state index is 4.82. The van der Waals surface area contributed by atoms with Crippen LogP contribution in [0.3, 0.4) is 0 Å². The number of rotatable bonds is 8. The lowest BCUT2D eigenvalue weighted by molar-refractivity contribution is 0.198. The van der Waals surface area contributed by atoms with Crippen LogP contribution in [0.15, 0.2) is 59.6 Å². The number of halogens is 1. The molecule has 1 saturated heterocycles. The standard InChI is InChI=1S/C25H37N5.HI/c1-4-26-25(27-17-14-21-10-12-24(13-11-21)29(2)3)28-23-15-18-30(19-16-23)20-22-8-6-5-7-9-22;/h5-13,23H,4,14-20H2,1-3H3,(H2,26,27,28);1H. The minimum Gasteiger partial charge on any atom is -0.378 e. The molecule has 0 bridgehead atoms. The molecule has 31 heavy (non-hydrogen) atoms. The van der Waals surface area contributed by atoms with E-state index in [4.69, 9.17) is 4.99 Å². The molecule has 2 aromatic carbocycles. The van der Waals surface area contributed by atoms with Crippen molar-refractivity contribution in [2.45, 2.75) is 38.8 Å². The average Bonchev–Trinajstić information content (AvgIpc) is 2.76. The first kappa shape index (κ1) is 25.5. The first-order valence-corrected chi connectivity index (χ1v) is 11.2. The molecule has 0 spiro atoms. The average molecular weight is 536 g/mol. The van der Waals surface area contributed by atoms with Gasteiger partial charge in [-0.2, -0.15) is 0 Å². The summed E-state index contributed by atoms with van der Waals surface area (Å²) in [5.74, 6) is 0.948. The van der Waals surface area contributed by atoms with Gasteiger partial charge in [0, 0.05) is 58.5 Å². The molecule has 0 unspecified atom stereocenters. The monoisotopic (exact) mass is 535 g/mol. The summed E-state index contributed by atoms with van der Waals surface area (Å²) < 4.78 is 0. The quantitative estimate of drug-likeness (QED) is 0.303. The minimum absolute atomic E-state index is 0. The molecule has 3 rings (SSSR count). The van der Waals surface area contributed by atoms with E-state index in [0.29, 0.717) is 6.04 Å². The van der Waals surface area contributed by atoms with Crippen molar-refractivity contribution < 1.29 is 0 Å². The Hall–Kier alpha value is -1.80. The summed E-state index contributed by atoms with van der Waals surface area (Å²) in [5.41, 5.74) is 3.96. The number of hydrogen-bond donors (Lipinski definition) is 2. The number of guanidine groups is 1. The zero-order valence-corrected chi connectivity index (χ0v) is 21.5. The maximum absolute atomic E-state index is 4.82. The Kier molecular flexibility index (Phi) is 11.2. The third kappa shape index (κ3) is 8.69. The van der Waals surface area contributed by atoms with Gasteiger partial charge < -0.3 is 15.5 Å². The highest BCUT2D eigenvalue weighted by Gasteiger charge is 2.20. The van der Waals surface area contributed by atoms with E-state index in [0.717, 1.165) is 57.9 Å². The number of benzene rings is 2. The van der Waals surface area contributed by atoms with Crippen LogP contribution in [-0.4, -0.2) is 57.2 Å². The summed E-state index contributed by atoms with van der Waals surface area (Å²) in [6.07, 6.45) is 3.27. The second-order valence-electron chi connectivity index (χ2n) is 8.25. The van der Waals surface area contributed by atoms with Gasteiger partial charge >= 0.3 is 0 Å². The van der Waals surface area contributed by atoms with E-state index in [-0.39, 0.29) is 24.0 Å². The van der Waals surface area contributed by atoms with Crippen LogP contribution in [0, 0.1) is 0 Å². The minimum atomic E-state index is 0. The van der Waals surface area contributed by atoms with Gasteiger partial charge in [0.15, 0.2) is 5.96 Å². The molecule has 2 N–H and O–H groups in total. The van der Waals surface area contributed by atoms with Crippen LogP contribution in [0.5, 0.6) is 0 Å². The highest BCUT2D eigenvalue weighted by Crippen LogP contribution is 2.14. The van der Waals surface area contributed by atoms with Gasteiger partial charge in [0.25, 0.3) is 0 Å². The molecule has 170 valence electrons. The third-order valence-electron chi connectivity index (χ3n) is 5.64. The van der Waals surface area contributed by atoms with E-state index in [1.807, 2.05) is 0 Å². The summed E-state index contributed by atoms with van der Waals surface area (Å²) in [7, 11) is 4.14. The van der Waals surface area contributed by atoms with Crippen LogP contribution < -0.4 is 15.5 Å². The zero-order chi connectivity index (χ0) is 21.2. The van der Waals surface area contributed by atoms with Crippen LogP contribution in [0.2, 0.25) is 0 Å². The summed E-state index contributed by atoms with van der Waals surface area (Å²) in [6, 6.07) is 20.0. The fraction of sp³-hybridized carbons (Fsp3) is 0.480. The second-order valence-corrected chi connectivity index (χ2v) is 8.25. The molecule has 1 aliphatic rings. The largest absolute Gasteiger partial charge is 0.378 e. The molecule has 1 fully saturated rings. The van der Waals surface area contributed by atoms with Gasteiger partial charge in [-0.1, -0.05) is 42.5 Å². The predicted molar refractivity (Wildman–Crippen MR) is 144 cm³/mol. The van der Waals surface area contributed by atoms with E-state index in [1.165, 1.54) is 16.8 Å². The summed E-state index contributed by atoms with van der Waals surface area (Å²) in [4.78, 5) is 9.49. The Bertz CT molecular complexity index is 768. The van der Waals surface area contributed by atoms with E-state index >= 15 is 0 Å². The van der Waals surface area contributed by atoms with Crippen LogP contribution in [0.4, 0.5) is 5.69 Å². The van der Waals surface area contributed by atoms with E-state index in [2.05, 4.69) is 96.0 Å². The lowest BCUT2D eigenvalue weighted by Gasteiger charge is -2.33. The molecule has 0 radical (unpaired) electrons. The SMILES string of the molecule is CCNC(=NCCc1ccc(N(C)C)cc1)NC1CCN(Cc2ccccc2)CC1.I. The van der Waals surface area contributed by atoms with Crippen molar-refractivity contribution in [3.8, 4) is 0 Å². The fourth-order valence-corrected chi connectivity index (χ4v) is 3.85. The van der Waals surface area contributed by atoms with Gasteiger partial charge in [0.05, 0.1) is 0 Å². The van der Waals surface area contributed by atoms with Gasteiger partial charge in [-0.15, -0.1) is 24.0 Å². The van der Waals surface area contributed by atoms with Crippen LogP contribution in [-0.2, 0) is 13.0 Å². The third-order valence-corrected chi connectivity index (χ3v) is 5.64. The zero-order valence-electron chi connectivity index (χ0n) is 19.2. The molecule has 1 aliphatic heterocycles. The summed E-state index contributed by atoms with van der Waals surface area (Å²) in [5, 5.41) is 7.07. The molecule has 0 aromatic heterocycles. The number of hydrogen-bond acceptors (Lipinski definition) is 3. The molecule has 5 nitrogen and oxygen atoms in total. The van der Waals surface area contributed by atoms with Gasteiger partial charge in [0.1, 0.15) is 0 Å². The molecule has 1 heterocycles. The predicted octanol–water partition coefficient (Wildman–Crippen LogP) is 4.13. The lowest BCUT2D eigenvalue weighted by atomic mass is 10.0. The lowest BCUT2D eigenvalue weighted by Crippen LogP contribution is -2.48. The van der Waals surface area contributed by atoms with Gasteiger partial charge in [-0.25, -0.2) is 0 Å². The van der Waals surface area contributed by atoms with Gasteiger partial charge in [-0.3, -0.25) is 9.89 Å². The van der Waals surface area contributed by atoms with Crippen molar-refractivity contribution in [1.82, 2.24) is 15.5 Å². The Morgan fingerprint density at radius 2 is 1.68 bits per heavy atom. The van der Waals surface area contributed by atoms with Crippen LogP contribution >= 0.6 is 24.0 Å². The molecule has 0 aliphatic carbocycles. The smallest absolute Gasteiger partial charge is 0.191 e. The van der Waals surface area contributed by atoms with Gasteiger partial charge in [0.2, 0.25) is 0 Å². The van der Waals surface area contributed by atoms with Crippen LogP contribution in [0.25, 0.3) is 0 Å². The van der Waals surface area contributed by atoms with E-state index in [1.54, 1.807) is 0 Å². The molecule has 2 aromatic rings. The molecule has 0 amide bonds. The second kappa shape index (κ2) is 13.6. The van der Waals surface area contributed by atoms with Crippen LogP contribution in [0.1, 0.15) is 30.9 Å². The van der Waals surface area contributed by atoms with Gasteiger partial charge in [-0.05, 0) is 49.4 Å². The number of likely N-dealkylation sites (tertiary alicyclic amines) is 1. The number of nitrogens with zero attached hydrogens (tertiary/aromatic N) is 3. The van der Waals surface area contributed by atoms with Crippen molar-refractivity contribution in [1.29, 1.82) is 0 Å². The maximum Gasteiger partial charge on any atom is 0.191 e. The Labute approximate surface area is 205 Å². The molecule has 6 heteroatoms. The van der Waals surface area contributed by atoms with E-state index in [9.17, 15) is 0 Å². The number of anilines is 1. The van der Waals surface area contributed by atoms with E-state index < -0.39 is 0 Å². The molecule has 0 saturated carbocycles. The number of aliphatic imine (C=N–C) groups is 1. The first-order chi connectivity index (χ1) is 14.6. The van der Waals surface area contributed by atoms with Crippen molar-refractivity contribution in [3.05, 3.63) is 65.7 Å². The van der Waals surface area contributed by atoms with Crippen molar-refractivity contribution in [2.75, 3.05) is 45.2 Å². The van der Waals surface area contributed by atoms with Crippen molar-refractivity contribution in [3.63, 3.8) is 0 Å². The highest BCUT2D eigenvalue weighted by molar-refractivity contribution is 14.0.